The van der Waals surface area contributed by atoms with Crippen molar-refractivity contribution in [1.82, 2.24) is 10.6 Å². The third-order valence-corrected chi connectivity index (χ3v) is 5.64. The zero-order chi connectivity index (χ0) is 13.7. The first-order valence-electron chi connectivity index (χ1n) is 6.51. The molecule has 0 aromatic rings. The minimum atomic E-state index is -2.37. The summed E-state index contributed by atoms with van der Waals surface area (Å²) in [6, 6.07) is 0.837. The van der Waals surface area contributed by atoms with Crippen molar-refractivity contribution < 1.29 is 13.3 Å². The van der Waals surface area contributed by atoms with Gasteiger partial charge in [-0.15, -0.1) is 0 Å². The van der Waals surface area contributed by atoms with E-state index in [0.717, 1.165) is 51.6 Å². The first kappa shape index (κ1) is 18.0. The molecule has 0 aliphatic carbocycles. The maximum Gasteiger partial charge on any atom is 0.500 e. The van der Waals surface area contributed by atoms with Crippen molar-refractivity contribution in [1.29, 1.82) is 0 Å². The van der Waals surface area contributed by atoms with Crippen molar-refractivity contribution in [2.24, 2.45) is 5.73 Å². The number of hydrogen-bond acceptors (Lipinski definition) is 6. The molecule has 6 nitrogen and oxygen atoms in total. The molecule has 0 aliphatic heterocycles. The first-order chi connectivity index (χ1) is 8.74. The molecule has 0 saturated carbocycles. The fourth-order valence-electron chi connectivity index (χ4n) is 1.64. The molecule has 0 rings (SSSR count). The standard InChI is InChI=1S/C11H29N3O3Si/c1-15-18(16-2,17-3)11-5-8-14-10-9-13-7-4-6-12/h13-14H,4-12H2,1-3H3. The molecule has 0 atom stereocenters. The molecule has 0 saturated heterocycles. The molecule has 7 heteroatoms. The Morgan fingerprint density at radius 1 is 0.833 bits per heavy atom. The van der Waals surface area contributed by atoms with Crippen molar-refractivity contribution in [2.75, 3.05) is 54.1 Å². The molecule has 0 amide bonds. The molecule has 0 fully saturated rings. The second-order valence-electron chi connectivity index (χ2n) is 4.04. The Hall–Kier alpha value is -0.0231. The summed E-state index contributed by atoms with van der Waals surface area (Å²) in [5, 5.41) is 6.69. The maximum absolute atomic E-state index is 5.40. The zero-order valence-electron chi connectivity index (χ0n) is 12.0. The average molecular weight is 279 g/mol. The van der Waals surface area contributed by atoms with E-state index in [1.165, 1.54) is 0 Å². The van der Waals surface area contributed by atoms with E-state index in [-0.39, 0.29) is 0 Å². The maximum atomic E-state index is 5.40. The Balaban J connectivity index is 3.38. The molecule has 0 aromatic heterocycles. The Morgan fingerprint density at radius 3 is 1.78 bits per heavy atom. The minimum Gasteiger partial charge on any atom is -0.377 e. The lowest BCUT2D eigenvalue weighted by Crippen LogP contribution is -2.43. The molecule has 0 aliphatic rings. The van der Waals surface area contributed by atoms with Crippen LogP contribution in [0.3, 0.4) is 0 Å². The Kier molecular flexibility index (Phi) is 12.0. The molecule has 0 heterocycles. The summed E-state index contributed by atoms with van der Waals surface area (Å²) >= 11 is 0. The third kappa shape index (κ3) is 8.14. The van der Waals surface area contributed by atoms with Crippen molar-refractivity contribution in [3.63, 3.8) is 0 Å². The molecule has 18 heavy (non-hydrogen) atoms. The van der Waals surface area contributed by atoms with Crippen LogP contribution in [0.25, 0.3) is 0 Å². The van der Waals surface area contributed by atoms with Gasteiger partial charge in [-0.2, -0.15) is 0 Å². The van der Waals surface area contributed by atoms with E-state index >= 15 is 0 Å². The zero-order valence-corrected chi connectivity index (χ0v) is 13.0. The van der Waals surface area contributed by atoms with Crippen LogP contribution in [-0.2, 0) is 13.3 Å². The summed E-state index contributed by atoms with van der Waals surface area (Å²) in [6.45, 7) is 4.63. The van der Waals surface area contributed by atoms with E-state index < -0.39 is 8.80 Å². The Bertz CT molecular complexity index is 175. The van der Waals surface area contributed by atoms with Crippen molar-refractivity contribution in [3.05, 3.63) is 0 Å². The van der Waals surface area contributed by atoms with Crippen LogP contribution in [0.1, 0.15) is 12.8 Å². The highest BCUT2D eigenvalue weighted by Crippen LogP contribution is 2.14. The number of hydrogen-bond donors (Lipinski definition) is 3. The van der Waals surface area contributed by atoms with Crippen LogP contribution < -0.4 is 16.4 Å². The van der Waals surface area contributed by atoms with Gasteiger partial charge in [0.25, 0.3) is 0 Å². The van der Waals surface area contributed by atoms with Crippen LogP contribution in [0, 0.1) is 0 Å². The van der Waals surface area contributed by atoms with Gasteiger partial charge in [0.05, 0.1) is 0 Å². The fraction of sp³-hybridized carbons (Fsp3) is 1.00. The van der Waals surface area contributed by atoms with E-state index in [0.29, 0.717) is 0 Å². The molecule has 0 bridgehead atoms. The topological polar surface area (TPSA) is 77.8 Å². The van der Waals surface area contributed by atoms with Crippen LogP contribution in [0.15, 0.2) is 0 Å². The normalized spacial score (nSPS) is 12.0. The molecular weight excluding hydrogens is 250 g/mol. The fourth-order valence-corrected chi connectivity index (χ4v) is 3.36. The number of rotatable bonds is 13. The quantitative estimate of drug-likeness (QED) is 0.320. The molecule has 110 valence electrons. The van der Waals surface area contributed by atoms with Gasteiger partial charge in [-0.25, -0.2) is 0 Å². The van der Waals surface area contributed by atoms with Gasteiger partial charge >= 0.3 is 8.80 Å². The molecule has 0 radical (unpaired) electrons. The van der Waals surface area contributed by atoms with Gasteiger partial charge in [-0.05, 0) is 32.5 Å². The van der Waals surface area contributed by atoms with Crippen LogP contribution >= 0.6 is 0 Å². The lowest BCUT2D eigenvalue weighted by Gasteiger charge is -2.24. The van der Waals surface area contributed by atoms with E-state index in [4.69, 9.17) is 19.0 Å². The van der Waals surface area contributed by atoms with Gasteiger partial charge in [-0.1, -0.05) is 0 Å². The number of nitrogens with two attached hydrogens (primary N) is 1. The smallest absolute Gasteiger partial charge is 0.377 e. The van der Waals surface area contributed by atoms with Crippen LogP contribution in [-0.4, -0.2) is 62.9 Å². The Labute approximate surface area is 112 Å². The predicted molar refractivity (Wildman–Crippen MR) is 75.6 cm³/mol. The summed E-state index contributed by atoms with van der Waals surface area (Å²) in [5.41, 5.74) is 5.40. The highest BCUT2D eigenvalue weighted by Gasteiger charge is 2.36. The second kappa shape index (κ2) is 12.0. The third-order valence-electron chi connectivity index (χ3n) is 2.81. The lowest BCUT2D eigenvalue weighted by atomic mass is 10.4. The van der Waals surface area contributed by atoms with Crippen LogP contribution in [0.5, 0.6) is 0 Å². The van der Waals surface area contributed by atoms with Gasteiger partial charge in [0.15, 0.2) is 0 Å². The van der Waals surface area contributed by atoms with Crippen LogP contribution in [0.4, 0.5) is 0 Å². The van der Waals surface area contributed by atoms with Gasteiger partial charge in [0, 0.05) is 40.5 Å². The first-order valence-corrected chi connectivity index (χ1v) is 8.44. The van der Waals surface area contributed by atoms with E-state index in [9.17, 15) is 0 Å². The van der Waals surface area contributed by atoms with Gasteiger partial charge < -0.3 is 29.6 Å². The molecule has 0 aromatic carbocycles. The summed E-state index contributed by atoms with van der Waals surface area (Å²) in [5.74, 6) is 0. The molecule has 0 spiro atoms. The van der Waals surface area contributed by atoms with Crippen molar-refractivity contribution in [2.45, 2.75) is 18.9 Å². The highest BCUT2D eigenvalue weighted by atomic mass is 28.4. The van der Waals surface area contributed by atoms with Crippen LogP contribution in [0.2, 0.25) is 6.04 Å². The van der Waals surface area contributed by atoms with E-state index in [1.807, 2.05) is 0 Å². The van der Waals surface area contributed by atoms with E-state index in [1.54, 1.807) is 21.3 Å². The van der Waals surface area contributed by atoms with Crippen molar-refractivity contribution >= 4 is 8.80 Å². The Morgan fingerprint density at radius 2 is 1.33 bits per heavy atom. The molecule has 0 unspecified atom stereocenters. The second-order valence-corrected chi connectivity index (χ2v) is 7.13. The predicted octanol–water partition coefficient (Wildman–Crippen LogP) is -0.217. The summed E-state index contributed by atoms with van der Waals surface area (Å²) in [4.78, 5) is 0. The largest absolute Gasteiger partial charge is 0.500 e. The molecular formula is C11H29N3O3Si. The summed E-state index contributed by atoms with van der Waals surface area (Å²) in [6.07, 6.45) is 2.02. The van der Waals surface area contributed by atoms with Gasteiger partial charge in [0.2, 0.25) is 0 Å². The highest BCUT2D eigenvalue weighted by molar-refractivity contribution is 6.60. The SMILES string of the molecule is CO[Si](CCCNCCNCCCN)(OC)OC. The monoisotopic (exact) mass is 279 g/mol. The van der Waals surface area contributed by atoms with Gasteiger partial charge in [0.1, 0.15) is 0 Å². The minimum absolute atomic E-state index is 0.748. The van der Waals surface area contributed by atoms with E-state index in [2.05, 4.69) is 10.6 Å². The summed E-state index contributed by atoms with van der Waals surface area (Å²) in [7, 11) is 2.57. The molecule has 4 N–H and O–H groups in total. The van der Waals surface area contributed by atoms with Crippen molar-refractivity contribution in [3.8, 4) is 0 Å². The lowest BCUT2D eigenvalue weighted by molar-refractivity contribution is 0.123. The number of nitrogens with one attached hydrogen (secondary N) is 2. The average Bonchev–Trinajstić information content (AvgIpc) is 2.42. The summed E-state index contributed by atoms with van der Waals surface area (Å²) < 4.78 is 16.1. The van der Waals surface area contributed by atoms with Gasteiger partial charge in [-0.3, -0.25) is 0 Å².